The van der Waals surface area contributed by atoms with Gasteiger partial charge in [0.05, 0.1) is 6.54 Å². The highest BCUT2D eigenvalue weighted by atomic mass is 16.5. The molecule has 0 spiro atoms. The average molecular weight is 373 g/mol. The number of carbonyl (C=O) groups excluding carboxylic acids is 1. The minimum Gasteiger partial charge on any atom is -0.492 e. The fraction of sp³-hybridized carbons (Fsp3) is 0.444. The summed E-state index contributed by atoms with van der Waals surface area (Å²) >= 11 is 0. The Labute approximate surface area is 159 Å². The first-order valence-electron chi connectivity index (χ1n) is 8.94. The Kier molecular flexibility index (Phi) is 8.08. The molecule has 0 atom stereocenters. The van der Waals surface area contributed by atoms with Crippen molar-refractivity contribution in [1.29, 1.82) is 0 Å². The van der Waals surface area contributed by atoms with Gasteiger partial charge in [0.1, 0.15) is 24.5 Å². The molecule has 2 rings (SSSR count). The number of aryl methyl sites for hydroxylation is 1. The quantitative estimate of drug-likeness (QED) is 0.345. The van der Waals surface area contributed by atoms with Crippen LogP contribution in [0.5, 0.6) is 5.75 Å². The Morgan fingerprint density at radius 3 is 2.85 bits per heavy atom. The van der Waals surface area contributed by atoms with Crippen LogP contribution in [0.25, 0.3) is 0 Å². The monoisotopic (exact) mass is 373 g/mol. The number of aliphatic imine (C=N–C) groups is 1. The number of carbonyl (C=O) groups is 1. The predicted octanol–water partition coefficient (Wildman–Crippen LogP) is 1.04. The van der Waals surface area contributed by atoms with Crippen LogP contribution in [0.4, 0.5) is 5.69 Å². The summed E-state index contributed by atoms with van der Waals surface area (Å²) in [7, 11) is 1.73. The summed E-state index contributed by atoms with van der Waals surface area (Å²) in [5.41, 5.74) is 0.714. The second-order valence-electron chi connectivity index (χ2n) is 5.78. The Morgan fingerprint density at radius 2 is 2.11 bits per heavy atom. The van der Waals surface area contributed by atoms with Gasteiger partial charge in [0.25, 0.3) is 0 Å². The predicted molar refractivity (Wildman–Crippen MR) is 105 cm³/mol. The van der Waals surface area contributed by atoms with Crippen molar-refractivity contribution < 1.29 is 9.53 Å². The van der Waals surface area contributed by atoms with E-state index in [1.807, 2.05) is 22.8 Å². The van der Waals surface area contributed by atoms with E-state index in [1.165, 1.54) is 6.92 Å². The van der Waals surface area contributed by atoms with Gasteiger partial charge in [-0.05, 0) is 12.1 Å². The summed E-state index contributed by atoms with van der Waals surface area (Å²) in [6.07, 6.45) is 2.59. The third-order valence-electron chi connectivity index (χ3n) is 3.70. The van der Waals surface area contributed by atoms with E-state index in [2.05, 4.69) is 38.1 Å². The van der Waals surface area contributed by atoms with Gasteiger partial charge < -0.3 is 25.3 Å². The highest BCUT2D eigenvalue weighted by molar-refractivity contribution is 5.88. The molecule has 27 heavy (non-hydrogen) atoms. The molecule has 0 fully saturated rings. The van der Waals surface area contributed by atoms with E-state index in [0.29, 0.717) is 37.1 Å². The first-order chi connectivity index (χ1) is 13.1. The van der Waals surface area contributed by atoms with Crippen molar-refractivity contribution >= 4 is 17.6 Å². The van der Waals surface area contributed by atoms with E-state index in [4.69, 9.17) is 4.74 Å². The number of hydrogen-bond donors (Lipinski definition) is 3. The first-order valence-corrected chi connectivity index (χ1v) is 8.94. The molecule has 0 aliphatic carbocycles. The topological polar surface area (TPSA) is 105 Å². The first kappa shape index (κ1) is 20.2. The highest BCUT2D eigenvalue weighted by Crippen LogP contribution is 2.16. The highest BCUT2D eigenvalue weighted by Gasteiger charge is 2.03. The van der Waals surface area contributed by atoms with E-state index < -0.39 is 0 Å². The minimum atomic E-state index is -0.110. The lowest BCUT2D eigenvalue weighted by molar-refractivity contribution is -0.114. The summed E-state index contributed by atoms with van der Waals surface area (Å²) in [6.45, 7) is 6.07. The lowest BCUT2D eigenvalue weighted by Gasteiger charge is -2.13. The van der Waals surface area contributed by atoms with Crippen molar-refractivity contribution in [3.8, 4) is 5.75 Å². The van der Waals surface area contributed by atoms with E-state index in [9.17, 15) is 4.79 Å². The normalized spacial score (nSPS) is 11.1. The van der Waals surface area contributed by atoms with Gasteiger partial charge in [0.2, 0.25) is 5.91 Å². The maximum Gasteiger partial charge on any atom is 0.221 e. The molecule has 1 aromatic carbocycles. The Hall–Kier alpha value is -3.10. The van der Waals surface area contributed by atoms with Gasteiger partial charge in [-0.25, -0.2) is 0 Å². The van der Waals surface area contributed by atoms with Crippen molar-refractivity contribution in [2.24, 2.45) is 4.99 Å². The van der Waals surface area contributed by atoms with Gasteiger partial charge >= 0.3 is 0 Å². The second-order valence-corrected chi connectivity index (χ2v) is 5.78. The molecule has 2 aromatic rings. The molecule has 1 heterocycles. The van der Waals surface area contributed by atoms with E-state index >= 15 is 0 Å². The Bertz CT molecular complexity index is 758. The summed E-state index contributed by atoms with van der Waals surface area (Å²) in [4.78, 5) is 15.3. The maximum atomic E-state index is 11.1. The molecular formula is C18H27N7O2. The lowest BCUT2D eigenvalue weighted by atomic mass is 10.3. The molecule has 1 amide bonds. The number of hydrogen-bond acceptors (Lipinski definition) is 5. The van der Waals surface area contributed by atoms with Crippen molar-refractivity contribution in [2.45, 2.75) is 26.8 Å². The van der Waals surface area contributed by atoms with Crippen LogP contribution in [0, 0.1) is 0 Å². The minimum absolute atomic E-state index is 0.110. The Morgan fingerprint density at radius 1 is 1.30 bits per heavy atom. The smallest absolute Gasteiger partial charge is 0.221 e. The Balaban J connectivity index is 1.68. The van der Waals surface area contributed by atoms with Crippen LogP contribution in [0.3, 0.4) is 0 Å². The number of aromatic nitrogens is 3. The second kappa shape index (κ2) is 10.8. The molecule has 1 aromatic heterocycles. The number of nitrogens with zero attached hydrogens (tertiary/aromatic N) is 4. The third-order valence-corrected chi connectivity index (χ3v) is 3.70. The number of nitrogens with one attached hydrogen (secondary N) is 3. The SMILES string of the molecule is CCc1nncn1CCNC(=NC)NCCOc1cccc(NC(C)=O)c1. The molecule has 0 aliphatic heterocycles. The number of guanidine groups is 1. The van der Waals surface area contributed by atoms with E-state index in [-0.39, 0.29) is 5.91 Å². The lowest BCUT2D eigenvalue weighted by Crippen LogP contribution is -2.40. The zero-order valence-corrected chi connectivity index (χ0v) is 16.0. The van der Waals surface area contributed by atoms with E-state index in [0.717, 1.165) is 18.8 Å². The number of amides is 1. The largest absolute Gasteiger partial charge is 0.492 e. The van der Waals surface area contributed by atoms with Gasteiger partial charge in [0, 0.05) is 45.2 Å². The molecule has 0 unspecified atom stereocenters. The molecule has 0 radical (unpaired) electrons. The molecule has 146 valence electrons. The zero-order chi connectivity index (χ0) is 19.5. The summed E-state index contributed by atoms with van der Waals surface area (Å²) < 4.78 is 7.72. The summed E-state index contributed by atoms with van der Waals surface area (Å²) in [6, 6.07) is 7.30. The van der Waals surface area contributed by atoms with Crippen molar-refractivity contribution in [2.75, 3.05) is 32.1 Å². The average Bonchev–Trinajstić information content (AvgIpc) is 3.11. The molecule has 0 saturated heterocycles. The number of ether oxygens (including phenoxy) is 1. The van der Waals surface area contributed by atoms with Crippen LogP contribution >= 0.6 is 0 Å². The van der Waals surface area contributed by atoms with Crippen LogP contribution in [0.15, 0.2) is 35.6 Å². The zero-order valence-electron chi connectivity index (χ0n) is 16.0. The molecular weight excluding hydrogens is 346 g/mol. The summed E-state index contributed by atoms with van der Waals surface area (Å²) in [5.74, 6) is 2.26. The van der Waals surface area contributed by atoms with Crippen LogP contribution < -0.4 is 20.7 Å². The van der Waals surface area contributed by atoms with Crippen molar-refractivity contribution in [1.82, 2.24) is 25.4 Å². The molecule has 3 N–H and O–H groups in total. The van der Waals surface area contributed by atoms with Gasteiger partial charge in [-0.3, -0.25) is 9.79 Å². The van der Waals surface area contributed by atoms with Gasteiger partial charge in [0.15, 0.2) is 5.96 Å². The van der Waals surface area contributed by atoms with Gasteiger partial charge in [-0.1, -0.05) is 13.0 Å². The number of anilines is 1. The van der Waals surface area contributed by atoms with Crippen LogP contribution in [-0.4, -0.2) is 53.4 Å². The van der Waals surface area contributed by atoms with E-state index in [1.54, 1.807) is 19.4 Å². The third kappa shape index (κ3) is 6.96. The number of benzene rings is 1. The van der Waals surface area contributed by atoms with Gasteiger partial charge in [-0.15, -0.1) is 10.2 Å². The van der Waals surface area contributed by atoms with Crippen molar-refractivity contribution in [3.63, 3.8) is 0 Å². The molecule has 9 heteroatoms. The standard InChI is InChI=1S/C18H27N7O2/c1-4-17-24-22-13-25(17)10-8-20-18(19-3)21-9-11-27-16-7-5-6-15(12-16)23-14(2)26/h5-7,12-13H,4,8-11H2,1-3H3,(H,23,26)(H2,19,20,21). The fourth-order valence-corrected chi connectivity index (χ4v) is 2.46. The number of rotatable bonds is 9. The fourth-order valence-electron chi connectivity index (χ4n) is 2.46. The maximum absolute atomic E-state index is 11.1. The van der Waals surface area contributed by atoms with Crippen LogP contribution in [-0.2, 0) is 17.8 Å². The van der Waals surface area contributed by atoms with Gasteiger partial charge in [-0.2, -0.15) is 0 Å². The molecule has 0 aliphatic rings. The van der Waals surface area contributed by atoms with Crippen molar-refractivity contribution in [3.05, 3.63) is 36.4 Å². The molecule has 9 nitrogen and oxygen atoms in total. The molecule has 0 saturated carbocycles. The van der Waals surface area contributed by atoms with Crippen LogP contribution in [0.2, 0.25) is 0 Å². The summed E-state index contributed by atoms with van der Waals surface area (Å²) in [5, 5.41) is 17.2. The molecule has 0 bridgehead atoms. The van der Waals surface area contributed by atoms with Crippen LogP contribution in [0.1, 0.15) is 19.7 Å².